The number of hydrogen-bond donors (Lipinski definition) is 1. The van der Waals surface area contributed by atoms with Gasteiger partial charge in [-0.15, -0.1) is 0 Å². The van der Waals surface area contributed by atoms with E-state index < -0.39 is 0 Å². The van der Waals surface area contributed by atoms with E-state index in [-0.39, 0.29) is 30.4 Å². The number of halogens is 1. The van der Waals surface area contributed by atoms with Crippen LogP contribution in [0.25, 0.3) is 0 Å². The quantitative estimate of drug-likeness (QED) is 0.884. The van der Waals surface area contributed by atoms with Gasteiger partial charge in [-0.25, -0.2) is 4.39 Å². The summed E-state index contributed by atoms with van der Waals surface area (Å²) in [5.41, 5.74) is 3.17. The standard InChI is InChI=1S/C23H26FNO2/c1-15-6-7-16(13-22(15)24)10-18-4-2-3-5-21(18)23(27)25-19-8-9-20(25)12-17(11-19)14-26/h2-7,13,17,19-20,26H,8-12,14H2,1H3/t17?,19-,20+. The van der Waals surface area contributed by atoms with Crippen molar-refractivity contribution in [2.75, 3.05) is 6.61 Å². The maximum Gasteiger partial charge on any atom is 0.254 e. The van der Waals surface area contributed by atoms with Gasteiger partial charge in [0.2, 0.25) is 0 Å². The lowest BCUT2D eigenvalue weighted by Gasteiger charge is -2.38. The summed E-state index contributed by atoms with van der Waals surface area (Å²) in [5, 5.41) is 9.51. The summed E-state index contributed by atoms with van der Waals surface area (Å²) in [4.78, 5) is 15.4. The molecule has 4 rings (SSSR count). The Morgan fingerprint density at radius 2 is 1.85 bits per heavy atom. The Kier molecular flexibility index (Phi) is 5.00. The highest BCUT2D eigenvalue weighted by molar-refractivity contribution is 5.96. The van der Waals surface area contributed by atoms with Crippen LogP contribution < -0.4 is 0 Å². The molecule has 1 amide bonds. The number of fused-ring (bicyclic) bond motifs is 2. The van der Waals surface area contributed by atoms with Gasteiger partial charge in [0.1, 0.15) is 5.82 Å². The number of amides is 1. The number of benzene rings is 2. The Labute approximate surface area is 159 Å². The Hall–Kier alpha value is -2.20. The van der Waals surface area contributed by atoms with Crippen molar-refractivity contribution in [1.82, 2.24) is 4.90 Å². The molecular formula is C23H26FNO2. The zero-order valence-electron chi connectivity index (χ0n) is 15.7. The molecule has 2 bridgehead atoms. The van der Waals surface area contributed by atoms with Gasteiger partial charge < -0.3 is 10.0 Å². The van der Waals surface area contributed by atoms with Crippen molar-refractivity contribution >= 4 is 5.91 Å². The van der Waals surface area contributed by atoms with E-state index in [4.69, 9.17) is 0 Å². The highest BCUT2D eigenvalue weighted by Gasteiger charge is 2.43. The second-order valence-electron chi connectivity index (χ2n) is 8.03. The SMILES string of the molecule is Cc1ccc(Cc2ccccc2C(=O)N2[C@@H]3CC[C@H]2CC(CO)C3)cc1F. The van der Waals surface area contributed by atoms with Gasteiger partial charge in [-0.2, -0.15) is 0 Å². The lowest BCUT2D eigenvalue weighted by atomic mass is 9.90. The van der Waals surface area contributed by atoms with Gasteiger partial charge in [-0.3, -0.25) is 4.79 Å². The second kappa shape index (κ2) is 7.43. The normalized spacial score (nSPS) is 24.3. The number of aryl methyl sites for hydroxylation is 1. The van der Waals surface area contributed by atoms with Crippen molar-refractivity contribution in [3.8, 4) is 0 Å². The molecule has 1 N–H and O–H groups in total. The molecule has 0 spiro atoms. The van der Waals surface area contributed by atoms with E-state index in [9.17, 15) is 14.3 Å². The first-order valence-electron chi connectivity index (χ1n) is 9.83. The average Bonchev–Trinajstić information content (AvgIpc) is 2.94. The van der Waals surface area contributed by atoms with Crippen molar-refractivity contribution in [2.24, 2.45) is 5.92 Å². The maximum atomic E-state index is 13.9. The largest absolute Gasteiger partial charge is 0.396 e. The van der Waals surface area contributed by atoms with Gasteiger partial charge >= 0.3 is 0 Å². The van der Waals surface area contributed by atoms with Crippen LogP contribution in [0.5, 0.6) is 0 Å². The summed E-state index contributed by atoms with van der Waals surface area (Å²) in [6, 6.07) is 13.4. The lowest BCUT2D eigenvalue weighted by molar-refractivity contribution is 0.0452. The van der Waals surface area contributed by atoms with Crippen LogP contribution in [0.1, 0.15) is 52.7 Å². The number of piperidine rings is 1. The number of carbonyl (C=O) groups excluding carboxylic acids is 1. The Bertz CT molecular complexity index is 836. The Morgan fingerprint density at radius 1 is 1.15 bits per heavy atom. The molecule has 142 valence electrons. The van der Waals surface area contributed by atoms with E-state index in [1.54, 1.807) is 19.1 Å². The average molecular weight is 367 g/mol. The van der Waals surface area contributed by atoms with Crippen molar-refractivity contribution < 1.29 is 14.3 Å². The van der Waals surface area contributed by atoms with Crippen LogP contribution >= 0.6 is 0 Å². The molecule has 2 saturated heterocycles. The number of aliphatic hydroxyl groups excluding tert-OH is 1. The number of hydrogen-bond acceptors (Lipinski definition) is 2. The molecule has 3 nitrogen and oxygen atoms in total. The molecule has 2 aromatic rings. The van der Waals surface area contributed by atoms with Crippen LogP contribution in [-0.4, -0.2) is 34.6 Å². The molecule has 2 aliphatic rings. The van der Waals surface area contributed by atoms with E-state index >= 15 is 0 Å². The van der Waals surface area contributed by atoms with E-state index in [2.05, 4.69) is 4.90 Å². The molecule has 1 unspecified atom stereocenters. The Morgan fingerprint density at radius 3 is 2.52 bits per heavy atom. The van der Waals surface area contributed by atoms with E-state index in [0.717, 1.165) is 42.4 Å². The van der Waals surface area contributed by atoms with Gasteiger partial charge in [-0.1, -0.05) is 30.3 Å². The second-order valence-corrected chi connectivity index (χ2v) is 8.03. The van der Waals surface area contributed by atoms with Crippen LogP contribution in [0.15, 0.2) is 42.5 Å². The van der Waals surface area contributed by atoms with E-state index in [0.29, 0.717) is 17.9 Å². The molecule has 2 aliphatic heterocycles. The third kappa shape index (κ3) is 3.51. The van der Waals surface area contributed by atoms with Crippen LogP contribution in [0.4, 0.5) is 4.39 Å². The molecular weight excluding hydrogens is 341 g/mol. The van der Waals surface area contributed by atoms with Crippen LogP contribution in [0.2, 0.25) is 0 Å². The minimum Gasteiger partial charge on any atom is -0.396 e. The van der Waals surface area contributed by atoms with Gasteiger partial charge in [0.05, 0.1) is 0 Å². The van der Waals surface area contributed by atoms with Crippen molar-refractivity contribution in [2.45, 2.75) is 51.1 Å². The fraction of sp³-hybridized carbons (Fsp3) is 0.435. The van der Waals surface area contributed by atoms with Crippen LogP contribution in [-0.2, 0) is 6.42 Å². The summed E-state index contributed by atoms with van der Waals surface area (Å²) in [5.74, 6) is 0.194. The summed E-state index contributed by atoms with van der Waals surface area (Å²) in [6.45, 7) is 1.97. The minimum atomic E-state index is -0.208. The predicted octanol–water partition coefficient (Wildman–Crippen LogP) is 4.10. The highest BCUT2D eigenvalue weighted by Crippen LogP contribution is 2.39. The number of nitrogens with zero attached hydrogens (tertiary/aromatic N) is 1. The third-order valence-corrected chi connectivity index (χ3v) is 6.20. The molecule has 4 heteroatoms. The molecule has 0 aliphatic carbocycles. The monoisotopic (exact) mass is 367 g/mol. The third-order valence-electron chi connectivity index (χ3n) is 6.20. The summed E-state index contributed by atoms with van der Waals surface area (Å²) in [7, 11) is 0. The maximum absolute atomic E-state index is 13.9. The first kappa shape index (κ1) is 18.2. The zero-order chi connectivity index (χ0) is 19.0. The molecule has 2 heterocycles. The summed E-state index contributed by atoms with van der Waals surface area (Å²) in [6.07, 6.45) is 4.38. The fourth-order valence-corrected chi connectivity index (χ4v) is 4.76. The van der Waals surface area contributed by atoms with Crippen molar-refractivity contribution in [1.29, 1.82) is 0 Å². The van der Waals surface area contributed by atoms with Gasteiger partial charge in [-0.05, 0) is 73.8 Å². The van der Waals surface area contributed by atoms with Gasteiger partial charge in [0.15, 0.2) is 0 Å². The molecule has 2 aromatic carbocycles. The van der Waals surface area contributed by atoms with Crippen molar-refractivity contribution in [3.05, 3.63) is 70.5 Å². The fourth-order valence-electron chi connectivity index (χ4n) is 4.76. The van der Waals surface area contributed by atoms with E-state index in [1.165, 1.54) is 0 Å². The highest BCUT2D eigenvalue weighted by atomic mass is 19.1. The minimum absolute atomic E-state index is 0.0853. The lowest BCUT2D eigenvalue weighted by Crippen LogP contribution is -2.47. The molecule has 3 atom stereocenters. The first-order chi connectivity index (χ1) is 13.1. The number of carbonyl (C=O) groups is 1. The summed E-state index contributed by atoms with van der Waals surface area (Å²) < 4.78 is 13.9. The molecule has 2 fully saturated rings. The summed E-state index contributed by atoms with van der Waals surface area (Å²) >= 11 is 0. The van der Waals surface area contributed by atoms with Crippen molar-refractivity contribution in [3.63, 3.8) is 0 Å². The Balaban J connectivity index is 1.59. The zero-order valence-corrected chi connectivity index (χ0v) is 15.7. The van der Waals surface area contributed by atoms with Crippen LogP contribution in [0.3, 0.4) is 0 Å². The predicted molar refractivity (Wildman–Crippen MR) is 103 cm³/mol. The van der Waals surface area contributed by atoms with Gasteiger partial charge in [0, 0.05) is 24.3 Å². The smallest absolute Gasteiger partial charge is 0.254 e. The molecule has 0 aromatic heterocycles. The molecule has 0 saturated carbocycles. The number of rotatable bonds is 4. The van der Waals surface area contributed by atoms with Gasteiger partial charge in [0.25, 0.3) is 5.91 Å². The molecule has 27 heavy (non-hydrogen) atoms. The number of aliphatic hydroxyl groups is 1. The van der Waals surface area contributed by atoms with E-state index in [1.807, 2.05) is 30.3 Å². The topological polar surface area (TPSA) is 40.5 Å². The van der Waals surface area contributed by atoms with Crippen LogP contribution in [0, 0.1) is 18.7 Å². The molecule has 0 radical (unpaired) electrons. The first-order valence-corrected chi connectivity index (χ1v) is 9.83.